The Labute approximate surface area is 105 Å². The quantitative estimate of drug-likeness (QED) is 0.642. The minimum atomic E-state index is -0.0346. The van der Waals surface area contributed by atoms with E-state index in [1.54, 1.807) is 0 Å². The van der Waals surface area contributed by atoms with Crippen LogP contribution in [0.2, 0.25) is 0 Å². The predicted molar refractivity (Wildman–Crippen MR) is 67.6 cm³/mol. The molecule has 17 heavy (non-hydrogen) atoms. The van der Waals surface area contributed by atoms with Gasteiger partial charge in [0, 0.05) is 5.41 Å². The molecule has 2 nitrogen and oxygen atoms in total. The summed E-state index contributed by atoms with van der Waals surface area (Å²) in [6.07, 6.45) is 2.79. The van der Waals surface area contributed by atoms with Crippen molar-refractivity contribution in [2.75, 3.05) is 0 Å². The van der Waals surface area contributed by atoms with E-state index in [0.29, 0.717) is 17.4 Å². The van der Waals surface area contributed by atoms with E-state index in [-0.39, 0.29) is 17.3 Å². The fraction of sp³-hybridized carbons (Fsp3) is 1.00. The van der Waals surface area contributed by atoms with Crippen molar-refractivity contribution in [1.29, 1.82) is 0 Å². The van der Waals surface area contributed by atoms with Crippen LogP contribution in [-0.4, -0.2) is 18.0 Å². The van der Waals surface area contributed by atoms with Crippen molar-refractivity contribution in [1.82, 2.24) is 0 Å². The first kappa shape index (κ1) is 12.0. The second kappa shape index (κ2) is 3.08. The first-order valence-electron chi connectivity index (χ1n) is 6.98. The summed E-state index contributed by atoms with van der Waals surface area (Å²) in [5.74, 6) is 1.52. The zero-order chi connectivity index (χ0) is 12.6. The molecule has 1 aliphatic heterocycles. The molecule has 1 saturated heterocycles. The van der Waals surface area contributed by atoms with Crippen molar-refractivity contribution in [3.05, 3.63) is 0 Å². The van der Waals surface area contributed by atoms with Crippen LogP contribution in [-0.2, 0) is 9.47 Å². The van der Waals surface area contributed by atoms with E-state index in [1.807, 2.05) is 0 Å². The summed E-state index contributed by atoms with van der Waals surface area (Å²) < 4.78 is 12.6. The van der Waals surface area contributed by atoms with Crippen LogP contribution in [0.4, 0.5) is 0 Å². The molecule has 2 bridgehead atoms. The Kier molecular flexibility index (Phi) is 2.17. The molecule has 3 aliphatic carbocycles. The monoisotopic (exact) mass is 238 g/mol. The summed E-state index contributed by atoms with van der Waals surface area (Å²) >= 11 is 0. The molecule has 0 radical (unpaired) electrons. The first-order valence-corrected chi connectivity index (χ1v) is 6.98. The number of ether oxygens (including phenoxy) is 2. The predicted octanol–water partition coefficient (Wildman–Crippen LogP) is 3.60. The summed E-state index contributed by atoms with van der Waals surface area (Å²) in [6, 6.07) is 0. The molecule has 0 spiro atoms. The molecule has 0 aromatic rings. The van der Waals surface area contributed by atoms with Crippen molar-refractivity contribution in [2.45, 2.75) is 72.4 Å². The molecule has 0 aromatic carbocycles. The fourth-order valence-corrected chi connectivity index (χ4v) is 4.09. The van der Waals surface area contributed by atoms with Gasteiger partial charge in [0.1, 0.15) is 0 Å². The highest BCUT2D eigenvalue weighted by molar-refractivity contribution is 5.14. The lowest BCUT2D eigenvalue weighted by molar-refractivity contribution is -0.185. The van der Waals surface area contributed by atoms with E-state index in [9.17, 15) is 0 Å². The lowest BCUT2D eigenvalue weighted by Crippen LogP contribution is -2.63. The maximum absolute atomic E-state index is 6.30. The molecule has 5 atom stereocenters. The van der Waals surface area contributed by atoms with Crippen molar-refractivity contribution >= 4 is 0 Å². The average molecular weight is 238 g/mol. The Morgan fingerprint density at radius 2 is 1.76 bits per heavy atom. The van der Waals surface area contributed by atoms with Crippen LogP contribution in [0.3, 0.4) is 0 Å². The third-order valence-electron chi connectivity index (χ3n) is 5.52. The summed E-state index contributed by atoms with van der Waals surface area (Å²) in [5.41, 5.74) is 0.510. The smallest absolute Gasteiger partial charge is 0.163 e. The van der Waals surface area contributed by atoms with Gasteiger partial charge in [-0.15, -0.1) is 0 Å². The van der Waals surface area contributed by atoms with Gasteiger partial charge in [-0.05, 0) is 37.0 Å². The van der Waals surface area contributed by atoms with Gasteiger partial charge in [-0.25, -0.2) is 0 Å². The van der Waals surface area contributed by atoms with Gasteiger partial charge in [-0.3, -0.25) is 0 Å². The minimum absolute atomic E-state index is 0.0267. The molecular weight excluding hydrogens is 212 g/mol. The standard InChI is InChI=1S/C15H26O2/c1-13(2,3)12-16-11-10-7-9(14(10,4)5)8-15(11,6)17-12/h9-12H,7-8H2,1-6H3/t9-,10+,11-,12?,15+/m0/s1. The minimum Gasteiger partial charge on any atom is -0.346 e. The van der Waals surface area contributed by atoms with E-state index < -0.39 is 0 Å². The summed E-state index contributed by atoms with van der Waals surface area (Å²) in [7, 11) is 0. The third kappa shape index (κ3) is 1.46. The third-order valence-corrected chi connectivity index (χ3v) is 5.52. The Hall–Kier alpha value is -0.0800. The summed E-state index contributed by atoms with van der Waals surface area (Å²) in [4.78, 5) is 0. The first-order chi connectivity index (χ1) is 7.64. The van der Waals surface area contributed by atoms with Gasteiger partial charge in [0.15, 0.2) is 6.29 Å². The molecule has 4 rings (SSSR count). The van der Waals surface area contributed by atoms with Gasteiger partial charge < -0.3 is 9.47 Å². The molecule has 98 valence electrons. The second-order valence-electron chi connectivity index (χ2n) is 8.25. The van der Waals surface area contributed by atoms with Crippen LogP contribution >= 0.6 is 0 Å². The topological polar surface area (TPSA) is 18.5 Å². The average Bonchev–Trinajstić information content (AvgIpc) is 2.53. The van der Waals surface area contributed by atoms with E-state index in [0.717, 1.165) is 5.92 Å². The number of hydrogen-bond acceptors (Lipinski definition) is 2. The molecule has 4 aliphatic rings. The van der Waals surface area contributed by atoms with Crippen LogP contribution in [0.1, 0.15) is 54.4 Å². The maximum atomic E-state index is 6.30. The van der Waals surface area contributed by atoms with Crippen molar-refractivity contribution in [2.24, 2.45) is 22.7 Å². The molecule has 3 saturated carbocycles. The van der Waals surface area contributed by atoms with Crippen LogP contribution in [0, 0.1) is 22.7 Å². The zero-order valence-corrected chi connectivity index (χ0v) is 12.0. The van der Waals surface area contributed by atoms with Gasteiger partial charge in [-0.1, -0.05) is 34.6 Å². The Balaban J connectivity index is 1.86. The lowest BCUT2D eigenvalue weighted by atomic mass is 9.45. The highest BCUT2D eigenvalue weighted by Crippen LogP contribution is 2.65. The van der Waals surface area contributed by atoms with Crippen molar-refractivity contribution in [3.8, 4) is 0 Å². The Morgan fingerprint density at radius 1 is 1.12 bits per heavy atom. The van der Waals surface area contributed by atoms with E-state index in [1.165, 1.54) is 12.8 Å². The van der Waals surface area contributed by atoms with Crippen LogP contribution in [0.25, 0.3) is 0 Å². The molecular formula is C15H26O2. The highest BCUT2D eigenvalue weighted by atomic mass is 16.7. The molecule has 0 amide bonds. The number of rotatable bonds is 0. The lowest BCUT2D eigenvalue weighted by Gasteiger charge is -2.62. The molecule has 1 unspecified atom stereocenters. The fourth-order valence-electron chi connectivity index (χ4n) is 4.09. The van der Waals surface area contributed by atoms with Crippen LogP contribution in [0.5, 0.6) is 0 Å². The summed E-state index contributed by atoms with van der Waals surface area (Å²) in [6.45, 7) is 13.7. The van der Waals surface area contributed by atoms with Gasteiger partial charge in [0.2, 0.25) is 0 Å². The van der Waals surface area contributed by atoms with Gasteiger partial charge in [0.05, 0.1) is 11.7 Å². The Morgan fingerprint density at radius 3 is 2.29 bits per heavy atom. The second-order valence-corrected chi connectivity index (χ2v) is 8.25. The van der Waals surface area contributed by atoms with Crippen LogP contribution in [0.15, 0.2) is 0 Å². The van der Waals surface area contributed by atoms with E-state index >= 15 is 0 Å². The number of hydrogen-bond donors (Lipinski definition) is 0. The van der Waals surface area contributed by atoms with E-state index in [2.05, 4.69) is 41.5 Å². The van der Waals surface area contributed by atoms with Gasteiger partial charge in [0.25, 0.3) is 0 Å². The molecule has 0 aromatic heterocycles. The van der Waals surface area contributed by atoms with Gasteiger partial charge >= 0.3 is 0 Å². The molecule has 4 fully saturated rings. The highest BCUT2D eigenvalue weighted by Gasteiger charge is 2.67. The molecule has 1 heterocycles. The van der Waals surface area contributed by atoms with E-state index in [4.69, 9.17) is 9.47 Å². The normalized spacial score (nSPS) is 51.9. The SMILES string of the molecule is CC(C)(C)C1O[C@H]2[C@H]3C[C@@H](C[C@@]2(C)O1)C3(C)C. The largest absolute Gasteiger partial charge is 0.346 e. The van der Waals surface area contributed by atoms with Crippen LogP contribution < -0.4 is 0 Å². The molecule has 0 N–H and O–H groups in total. The maximum Gasteiger partial charge on any atom is 0.163 e. The molecule has 2 heteroatoms. The summed E-state index contributed by atoms with van der Waals surface area (Å²) in [5, 5.41) is 0. The Bertz CT molecular complexity index is 341. The zero-order valence-electron chi connectivity index (χ0n) is 12.0. The van der Waals surface area contributed by atoms with Crippen molar-refractivity contribution in [3.63, 3.8) is 0 Å². The van der Waals surface area contributed by atoms with Crippen molar-refractivity contribution < 1.29 is 9.47 Å². The van der Waals surface area contributed by atoms with Gasteiger partial charge in [-0.2, -0.15) is 0 Å².